The third-order valence-corrected chi connectivity index (χ3v) is 5.16. The molecule has 4 heteroatoms. The second-order valence-electron chi connectivity index (χ2n) is 6.97. The highest BCUT2D eigenvalue weighted by Crippen LogP contribution is 2.40. The summed E-state index contributed by atoms with van der Waals surface area (Å²) < 4.78 is 0. The maximum absolute atomic E-state index is 4.79. The number of fused-ring (bicyclic) bond motifs is 4. The first-order chi connectivity index (χ1) is 13.8. The van der Waals surface area contributed by atoms with Gasteiger partial charge >= 0.3 is 0 Å². The quantitative estimate of drug-likeness (QED) is 0.340. The highest BCUT2D eigenvalue weighted by Gasteiger charge is 2.14. The fourth-order valence-electron chi connectivity index (χ4n) is 3.73. The maximum Gasteiger partial charge on any atom is 0.0900 e. The minimum atomic E-state index is 0.908. The van der Waals surface area contributed by atoms with E-state index in [9.17, 15) is 0 Å². The molecule has 0 fully saturated rings. The summed E-state index contributed by atoms with van der Waals surface area (Å²) in [6.07, 6.45) is 0. The maximum atomic E-state index is 4.79. The van der Waals surface area contributed by atoms with Crippen molar-refractivity contribution >= 4 is 44.8 Å². The number of aromatic nitrogens is 2. The molecule has 4 aromatic carbocycles. The molecule has 0 saturated heterocycles. The first-order valence-electron chi connectivity index (χ1n) is 9.28. The number of nitrogens with one attached hydrogen (secondary N) is 2. The van der Waals surface area contributed by atoms with E-state index in [1.807, 2.05) is 42.5 Å². The lowest BCUT2D eigenvalue weighted by atomic mass is 10.0. The van der Waals surface area contributed by atoms with Crippen molar-refractivity contribution in [1.82, 2.24) is 9.97 Å². The first-order valence-corrected chi connectivity index (χ1v) is 9.28. The van der Waals surface area contributed by atoms with Gasteiger partial charge in [0.05, 0.1) is 44.8 Å². The van der Waals surface area contributed by atoms with Gasteiger partial charge in [-0.05, 0) is 59.7 Å². The summed E-state index contributed by atoms with van der Waals surface area (Å²) in [4.78, 5) is 9.51. The second-order valence-corrected chi connectivity index (χ2v) is 6.97. The van der Waals surface area contributed by atoms with Crippen molar-refractivity contribution in [3.05, 3.63) is 84.9 Å². The number of anilines is 4. The van der Waals surface area contributed by atoms with E-state index in [1.54, 1.807) is 0 Å². The molecule has 2 heterocycles. The van der Waals surface area contributed by atoms with Crippen molar-refractivity contribution < 1.29 is 0 Å². The van der Waals surface area contributed by atoms with Crippen LogP contribution in [0.4, 0.5) is 22.7 Å². The number of nitrogens with zero attached hydrogens (tertiary/aromatic N) is 2. The lowest BCUT2D eigenvalue weighted by Crippen LogP contribution is -2.05. The van der Waals surface area contributed by atoms with Gasteiger partial charge in [0.1, 0.15) is 0 Å². The SMILES string of the molecule is c1ccc2c(c1)Nc1ccc(-c3ccc4nc5ccccc5nc4c3)cc1N2. The van der Waals surface area contributed by atoms with Crippen LogP contribution in [0.3, 0.4) is 0 Å². The fourth-order valence-corrected chi connectivity index (χ4v) is 3.73. The lowest BCUT2D eigenvalue weighted by Gasteiger charge is -2.23. The summed E-state index contributed by atoms with van der Waals surface area (Å²) >= 11 is 0. The molecule has 0 aliphatic carbocycles. The van der Waals surface area contributed by atoms with E-state index >= 15 is 0 Å². The van der Waals surface area contributed by atoms with Crippen LogP contribution < -0.4 is 10.6 Å². The molecule has 1 aliphatic heterocycles. The topological polar surface area (TPSA) is 49.8 Å². The molecule has 2 N–H and O–H groups in total. The van der Waals surface area contributed by atoms with Gasteiger partial charge in [0, 0.05) is 0 Å². The van der Waals surface area contributed by atoms with Crippen molar-refractivity contribution in [2.24, 2.45) is 0 Å². The normalized spacial score (nSPS) is 12.1. The van der Waals surface area contributed by atoms with Crippen LogP contribution in [-0.4, -0.2) is 9.97 Å². The van der Waals surface area contributed by atoms with E-state index in [0.29, 0.717) is 0 Å². The number of hydrogen-bond acceptors (Lipinski definition) is 4. The Morgan fingerprint density at radius 3 is 1.75 bits per heavy atom. The first kappa shape index (κ1) is 15.2. The van der Waals surface area contributed by atoms with Crippen molar-refractivity contribution in [2.45, 2.75) is 0 Å². The average Bonchev–Trinajstić information content (AvgIpc) is 2.75. The molecule has 6 rings (SSSR count). The van der Waals surface area contributed by atoms with Gasteiger partial charge in [-0.3, -0.25) is 0 Å². The Hall–Kier alpha value is -3.92. The Kier molecular flexibility index (Phi) is 3.14. The fraction of sp³-hybridized carbons (Fsp3) is 0. The van der Waals surface area contributed by atoms with Gasteiger partial charge < -0.3 is 10.6 Å². The van der Waals surface area contributed by atoms with Gasteiger partial charge in [-0.25, -0.2) is 9.97 Å². The van der Waals surface area contributed by atoms with Crippen molar-refractivity contribution in [3.63, 3.8) is 0 Å². The van der Waals surface area contributed by atoms with Crippen LogP contribution in [0.5, 0.6) is 0 Å². The molecule has 28 heavy (non-hydrogen) atoms. The predicted octanol–water partition coefficient (Wildman–Crippen LogP) is 6.25. The molecule has 0 unspecified atom stereocenters. The highest BCUT2D eigenvalue weighted by atomic mass is 15.0. The van der Waals surface area contributed by atoms with Crippen molar-refractivity contribution in [1.29, 1.82) is 0 Å². The van der Waals surface area contributed by atoms with Crippen LogP contribution in [0.2, 0.25) is 0 Å². The monoisotopic (exact) mass is 360 g/mol. The smallest absolute Gasteiger partial charge is 0.0900 e. The van der Waals surface area contributed by atoms with E-state index in [4.69, 9.17) is 9.97 Å². The van der Waals surface area contributed by atoms with E-state index in [0.717, 1.165) is 55.9 Å². The van der Waals surface area contributed by atoms with E-state index in [2.05, 4.69) is 53.1 Å². The summed E-state index contributed by atoms with van der Waals surface area (Å²) in [7, 11) is 0. The van der Waals surface area contributed by atoms with Gasteiger partial charge in [-0.15, -0.1) is 0 Å². The Morgan fingerprint density at radius 1 is 0.429 bits per heavy atom. The van der Waals surface area contributed by atoms with E-state index in [1.165, 1.54) is 0 Å². The summed E-state index contributed by atoms with van der Waals surface area (Å²) in [5, 5.41) is 7.01. The van der Waals surface area contributed by atoms with Crippen LogP contribution in [0, 0.1) is 0 Å². The van der Waals surface area contributed by atoms with Gasteiger partial charge in [0.25, 0.3) is 0 Å². The van der Waals surface area contributed by atoms with E-state index < -0.39 is 0 Å². The number of para-hydroxylation sites is 4. The van der Waals surface area contributed by atoms with Crippen LogP contribution in [0.15, 0.2) is 84.9 Å². The third-order valence-electron chi connectivity index (χ3n) is 5.16. The zero-order chi connectivity index (χ0) is 18.5. The zero-order valence-electron chi connectivity index (χ0n) is 15.0. The Bertz CT molecular complexity index is 1370. The summed E-state index contributed by atoms with van der Waals surface area (Å²) in [5.41, 5.74) is 10.3. The van der Waals surface area contributed by atoms with Gasteiger partial charge in [0.15, 0.2) is 0 Å². The van der Waals surface area contributed by atoms with Gasteiger partial charge in [-0.1, -0.05) is 36.4 Å². The molecule has 0 atom stereocenters. The predicted molar refractivity (Wildman–Crippen MR) is 115 cm³/mol. The second kappa shape index (κ2) is 5.79. The molecular formula is C24H16N4. The molecular weight excluding hydrogens is 344 g/mol. The highest BCUT2D eigenvalue weighted by molar-refractivity contribution is 5.93. The van der Waals surface area contributed by atoms with Crippen molar-refractivity contribution in [2.75, 3.05) is 10.6 Å². The third kappa shape index (κ3) is 2.39. The van der Waals surface area contributed by atoms with Crippen LogP contribution in [0.25, 0.3) is 33.2 Å². The molecule has 1 aromatic heterocycles. The van der Waals surface area contributed by atoms with Gasteiger partial charge in [-0.2, -0.15) is 0 Å². The minimum Gasteiger partial charge on any atom is -0.352 e. The molecule has 0 saturated carbocycles. The average molecular weight is 360 g/mol. The largest absolute Gasteiger partial charge is 0.352 e. The molecule has 0 radical (unpaired) electrons. The Balaban J connectivity index is 1.44. The molecule has 5 aromatic rings. The van der Waals surface area contributed by atoms with Crippen LogP contribution >= 0.6 is 0 Å². The Morgan fingerprint density at radius 2 is 0.964 bits per heavy atom. The van der Waals surface area contributed by atoms with E-state index in [-0.39, 0.29) is 0 Å². The summed E-state index contributed by atoms with van der Waals surface area (Å²) in [6.45, 7) is 0. The minimum absolute atomic E-state index is 0.908. The van der Waals surface area contributed by atoms with Crippen LogP contribution in [0.1, 0.15) is 0 Å². The molecule has 0 amide bonds. The number of benzene rings is 4. The standard InChI is InChI=1S/C24H16N4/c1-3-7-19-17(5-1)25-21-11-9-15(13-23(21)27-19)16-10-12-22-24(14-16)28-20-8-4-2-6-18(20)26-22/h1-14,25,27H. The zero-order valence-corrected chi connectivity index (χ0v) is 15.0. The lowest BCUT2D eigenvalue weighted by molar-refractivity contribution is 1.39. The number of hydrogen-bond donors (Lipinski definition) is 2. The molecule has 1 aliphatic rings. The van der Waals surface area contributed by atoms with Crippen LogP contribution in [-0.2, 0) is 0 Å². The molecule has 132 valence electrons. The summed E-state index contributed by atoms with van der Waals surface area (Å²) in [6, 6.07) is 28.9. The summed E-state index contributed by atoms with van der Waals surface area (Å²) in [5.74, 6) is 0. The van der Waals surface area contributed by atoms with Gasteiger partial charge in [0.2, 0.25) is 0 Å². The molecule has 4 nitrogen and oxygen atoms in total. The van der Waals surface area contributed by atoms with Crippen molar-refractivity contribution in [3.8, 4) is 11.1 Å². The molecule has 0 bridgehead atoms. The molecule has 0 spiro atoms. The Labute approximate surface area is 161 Å². The number of rotatable bonds is 1.